The molecular weight excluding hydrogens is 300 g/mol. The van der Waals surface area contributed by atoms with Crippen LogP contribution in [0.5, 0.6) is 0 Å². The van der Waals surface area contributed by atoms with Gasteiger partial charge in [0.15, 0.2) is 0 Å². The molecule has 1 aromatic heterocycles. The second-order valence-electron chi connectivity index (χ2n) is 4.12. The lowest BCUT2D eigenvalue weighted by atomic mass is 10.3. The standard InChI is InChI=1S/C12H9ClN4O2S/c13-12-6-14-9(5-15-12)7-17-8-16-20(18,19)11-4-2-1-3-10(11)17/h1-6,8H,7H2. The Labute approximate surface area is 120 Å². The van der Waals surface area contributed by atoms with E-state index >= 15 is 0 Å². The molecule has 0 unspecified atom stereocenters. The molecule has 6 nitrogen and oxygen atoms in total. The van der Waals surface area contributed by atoms with Crippen molar-refractivity contribution in [2.45, 2.75) is 11.4 Å². The number of fused-ring (bicyclic) bond motifs is 1. The van der Waals surface area contributed by atoms with Gasteiger partial charge in [0.05, 0.1) is 30.3 Å². The first-order valence-electron chi connectivity index (χ1n) is 5.69. The summed E-state index contributed by atoms with van der Waals surface area (Å²) in [6, 6.07) is 6.69. The number of anilines is 1. The quantitative estimate of drug-likeness (QED) is 0.846. The molecule has 0 radical (unpaired) electrons. The molecule has 20 heavy (non-hydrogen) atoms. The maximum atomic E-state index is 11.8. The lowest BCUT2D eigenvalue weighted by Crippen LogP contribution is -2.27. The van der Waals surface area contributed by atoms with Crippen molar-refractivity contribution < 1.29 is 8.42 Å². The molecule has 0 fully saturated rings. The molecule has 0 N–H and O–H groups in total. The molecule has 2 heterocycles. The molecular formula is C12H9ClN4O2S. The average Bonchev–Trinajstić information content (AvgIpc) is 2.45. The van der Waals surface area contributed by atoms with Crippen molar-refractivity contribution in [1.29, 1.82) is 0 Å². The Kier molecular flexibility index (Phi) is 3.15. The maximum Gasteiger partial charge on any atom is 0.285 e. The van der Waals surface area contributed by atoms with Crippen molar-refractivity contribution in [1.82, 2.24) is 9.97 Å². The number of hydrogen-bond donors (Lipinski definition) is 0. The van der Waals surface area contributed by atoms with Gasteiger partial charge in [0.1, 0.15) is 16.4 Å². The van der Waals surface area contributed by atoms with E-state index in [-0.39, 0.29) is 4.90 Å². The molecule has 0 amide bonds. The van der Waals surface area contributed by atoms with Gasteiger partial charge in [-0.15, -0.1) is 4.40 Å². The van der Waals surface area contributed by atoms with E-state index in [1.807, 2.05) is 0 Å². The fraction of sp³-hybridized carbons (Fsp3) is 0.0833. The zero-order valence-corrected chi connectivity index (χ0v) is 11.7. The fourth-order valence-electron chi connectivity index (χ4n) is 1.87. The molecule has 1 aromatic carbocycles. The molecule has 1 aliphatic rings. The van der Waals surface area contributed by atoms with Crippen molar-refractivity contribution >= 4 is 33.7 Å². The van der Waals surface area contributed by atoms with Gasteiger partial charge in [0, 0.05) is 0 Å². The monoisotopic (exact) mass is 308 g/mol. The smallest absolute Gasteiger partial charge is 0.285 e. The molecule has 0 atom stereocenters. The number of rotatable bonds is 2. The van der Waals surface area contributed by atoms with Gasteiger partial charge in [0.25, 0.3) is 10.0 Å². The summed E-state index contributed by atoms with van der Waals surface area (Å²) in [4.78, 5) is 9.96. The van der Waals surface area contributed by atoms with Gasteiger partial charge in [-0.1, -0.05) is 23.7 Å². The number of nitrogens with zero attached hydrogens (tertiary/aromatic N) is 4. The molecule has 0 saturated carbocycles. The van der Waals surface area contributed by atoms with E-state index in [0.717, 1.165) is 0 Å². The maximum absolute atomic E-state index is 11.8. The van der Waals surface area contributed by atoms with Crippen molar-refractivity contribution in [3.8, 4) is 0 Å². The summed E-state index contributed by atoms with van der Waals surface area (Å²) in [7, 11) is -3.60. The molecule has 1 aliphatic heterocycles. The van der Waals surface area contributed by atoms with E-state index < -0.39 is 10.0 Å². The average molecular weight is 309 g/mol. The first kappa shape index (κ1) is 13.0. The zero-order valence-electron chi connectivity index (χ0n) is 10.1. The third-order valence-corrected chi connectivity index (χ3v) is 4.25. The number of benzene rings is 1. The van der Waals surface area contributed by atoms with Crippen LogP contribution in [0.1, 0.15) is 5.69 Å². The van der Waals surface area contributed by atoms with E-state index in [2.05, 4.69) is 14.4 Å². The van der Waals surface area contributed by atoms with E-state index in [1.54, 1.807) is 29.3 Å². The predicted molar refractivity (Wildman–Crippen MR) is 75.3 cm³/mol. The highest BCUT2D eigenvalue weighted by atomic mass is 35.5. The molecule has 0 spiro atoms. The number of halogens is 1. The SMILES string of the molecule is O=S1(=O)N=CN(Cc2cnc(Cl)cn2)c2ccccc21. The van der Waals surface area contributed by atoms with Crippen LogP contribution in [-0.4, -0.2) is 24.7 Å². The van der Waals surface area contributed by atoms with Crippen molar-refractivity contribution in [3.05, 3.63) is 47.5 Å². The zero-order chi connectivity index (χ0) is 14.2. The van der Waals surface area contributed by atoms with Crippen LogP contribution in [0.2, 0.25) is 5.15 Å². The van der Waals surface area contributed by atoms with Crippen LogP contribution >= 0.6 is 11.6 Å². The van der Waals surface area contributed by atoms with E-state index in [1.165, 1.54) is 18.6 Å². The Balaban J connectivity index is 1.98. The molecule has 0 bridgehead atoms. The van der Waals surface area contributed by atoms with Gasteiger partial charge in [0.2, 0.25) is 0 Å². The fourth-order valence-corrected chi connectivity index (χ4v) is 3.02. The Bertz CT molecular complexity index is 774. The van der Waals surface area contributed by atoms with Crippen molar-refractivity contribution in [3.63, 3.8) is 0 Å². The number of sulfonamides is 1. The summed E-state index contributed by atoms with van der Waals surface area (Å²) in [5.74, 6) is 0. The Hall–Kier alpha value is -1.99. The Morgan fingerprint density at radius 2 is 1.95 bits per heavy atom. The summed E-state index contributed by atoms with van der Waals surface area (Å²) in [5, 5.41) is 0.309. The third kappa shape index (κ3) is 2.37. The minimum atomic E-state index is -3.60. The third-order valence-electron chi connectivity index (χ3n) is 2.78. The molecule has 8 heteroatoms. The largest absolute Gasteiger partial charge is 0.324 e. The van der Waals surface area contributed by atoms with E-state index in [4.69, 9.17) is 11.6 Å². The van der Waals surface area contributed by atoms with Crippen LogP contribution in [0.25, 0.3) is 0 Å². The van der Waals surface area contributed by atoms with Crippen LogP contribution in [0.15, 0.2) is 46.0 Å². The normalized spacial score (nSPS) is 15.9. The van der Waals surface area contributed by atoms with Gasteiger partial charge in [-0.2, -0.15) is 8.42 Å². The number of aromatic nitrogens is 2. The van der Waals surface area contributed by atoms with Gasteiger partial charge in [-0.05, 0) is 12.1 Å². The van der Waals surface area contributed by atoms with Crippen LogP contribution in [0.4, 0.5) is 5.69 Å². The highest BCUT2D eigenvalue weighted by Gasteiger charge is 2.24. The summed E-state index contributed by atoms with van der Waals surface area (Å²) >= 11 is 5.68. The number of para-hydroxylation sites is 1. The minimum Gasteiger partial charge on any atom is -0.324 e. The lowest BCUT2D eigenvalue weighted by Gasteiger charge is -2.24. The first-order valence-corrected chi connectivity index (χ1v) is 7.51. The van der Waals surface area contributed by atoms with Crippen LogP contribution in [0, 0.1) is 0 Å². The molecule has 0 saturated heterocycles. The van der Waals surface area contributed by atoms with Crippen molar-refractivity contribution in [2.75, 3.05) is 4.90 Å². The molecule has 0 aliphatic carbocycles. The second kappa shape index (κ2) is 4.84. The second-order valence-corrected chi connectivity index (χ2v) is 6.11. The molecule has 102 valence electrons. The summed E-state index contributed by atoms with van der Waals surface area (Å²) in [6.07, 6.45) is 4.27. The topological polar surface area (TPSA) is 75.5 Å². The van der Waals surface area contributed by atoms with Crippen LogP contribution < -0.4 is 4.90 Å². The lowest BCUT2D eigenvalue weighted by molar-refractivity contribution is 0.597. The van der Waals surface area contributed by atoms with Gasteiger partial charge in [-0.3, -0.25) is 4.98 Å². The van der Waals surface area contributed by atoms with Crippen molar-refractivity contribution in [2.24, 2.45) is 4.40 Å². The predicted octanol–water partition coefficient (Wildman–Crippen LogP) is 1.87. The summed E-state index contributed by atoms with van der Waals surface area (Å²) in [5.41, 5.74) is 1.23. The Morgan fingerprint density at radius 3 is 2.70 bits per heavy atom. The number of hydrogen-bond acceptors (Lipinski definition) is 5. The van der Waals surface area contributed by atoms with E-state index in [0.29, 0.717) is 23.1 Å². The van der Waals surface area contributed by atoms with Gasteiger partial charge in [-0.25, -0.2) is 4.98 Å². The molecule has 2 aromatic rings. The highest BCUT2D eigenvalue weighted by molar-refractivity contribution is 7.90. The van der Waals surface area contributed by atoms with Gasteiger partial charge < -0.3 is 4.90 Å². The summed E-state index contributed by atoms with van der Waals surface area (Å²) < 4.78 is 27.3. The minimum absolute atomic E-state index is 0.185. The van der Waals surface area contributed by atoms with Crippen LogP contribution in [0.3, 0.4) is 0 Å². The summed E-state index contributed by atoms with van der Waals surface area (Å²) in [6.45, 7) is 0.361. The first-order chi connectivity index (χ1) is 9.56. The van der Waals surface area contributed by atoms with Gasteiger partial charge >= 0.3 is 0 Å². The van der Waals surface area contributed by atoms with E-state index in [9.17, 15) is 8.42 Å². The highest BCUT2D eigenvalue weighted by Crippen LogP contribution is 2.29. The molecule has 3 rings (SSSR count). The Morgan fingerprint density at radius 1 is 1.15 bits per heavy atom. The van der Waals surface area contributed by atoms with Crippen LogP contribution in [-0.2, 0) is 16.6 Å².